The van der Waals surface area contributed by atoms with Crippen LogP contribution in [0.5, 0.6) is 0 Å². The van der Waals surface area contributed by atoms with Crippen LogP contribution < -0.4 is 0 Å². The fourth-order valence-corrected chi connectivity index (χ4v) is 4.01. The minimum absolute atomic E-state index is 0.00489. The van der Waals surface area contributed by atoms with Crippen molar-refractivity contribution in [3.8, 4) is 0 Å². The molecule has 1 amide bonds. The molecule has 0 unspecified atom stereocenters. The third-order valence-electron chi connectivity index (χ3n) is 5.45. The van der Waals surface area contributed by atoms with Crippen LogP contribution in [0.2, 0.25) is 5.02 Å². The van der Waals surface area contributed by atoms with Crippen LogP contribution in [-0.4, -0.2) is 17.4 Å². The Bertz CT molecular complexity index is 787. The van der Waals surface area contributed by atoms with Gasteiger partial charge in [0.1, 0.15) is 5.82 Å². The summed E-state index contributed by atoms with van der Waals surface area (Å²) in [6.07, 6.45) is 3.79. The molecule has 1 fully saturated rings. The SMILES string of the molecule is C=CC[C@@]1(c2ccc(F)cc2)CCN([C@@H](C)c2ccc(Cl)cc2)C(=O)C1. The van der Waals surface area contributed by atoms with Crippen molar-refractivity contribution in [2.24, 2.45) is 0 Å². The number of carbonyl (C=O) groups excluding carboxylic acids is 1. The van der Waals surface area contributed by atoms with Crippen LogP contribution in [0, 0.1) is 5.82 Å². The van der Waals surface area contributed by atoms with Gasteiger partial charge in [-0.25, -0.2) is 4.39 Å². The third-order valence-corrected chi connectivity index (χ3v) is 5.70. The van der Waals surface area contributed by atoms with E-state index in [1.807, 2.05) is 42.2 Å². The molecular weight excluding hydrogens is 349 g/mol. The summed E-state index contributed by atoms with van der Waals surface area (Å²) in [5.74, 6) is -0.146. The molecule has 2 aromatic rings. The van der Waals surface area contributed by atoms with Gasteiger partial charge in [0, 0.05) is 23.4 Å². The van der Waals surface area contributed by atoms with Gasteiger partial charge in [-0.2, -0.15) is 0 Å². The maximum atomic E-state index is 13.3. The molecule has 136 valence electrons. The van der Waals surface area contributed by atoms with Gasteiger partial charge in [0.15, 0.2) is 0 Å². The topological polar surface area (TPSA) is 20.3 Å². The third kappa shape index (κ3) is 3.68. The van der Waals surface area contributed by atoms with Crippen LogP contribution in [0.15, 0.2) is 61.2 Å². The highest BCUT2D eigenvalue weighted by Crippen LogP contribution is 2.41. The standard InChI is InChI=1S/C22H23ClFNO/c1-3-12-22(18-6-10-20(24)11-7-18)13-14-25(21(26)15-22)16(2)17-4-8-19(23)9-5-17/h3-11,16H,1,12-15H2,2H3/t16-,22+/m0/s1. The molecule has 0 saturated carbocycles. The number of hydrogen-bond acceptors (Lipinski definition) is 1. The first kappa shape index (κ1) is 18.7. The molecule has 1 heterocycles. The second kappa shape index (κ2) is 7.63. The molecule has 2 nitrogen and oxygen atoms in total. The van der Waals surface area contributed by atoms with Crippen molar-refractivity contribution < 1.29 is 9.18 Å². The van der Waals surface area contributed by atoms with Crippen LogP contribution in [-0.2, 0) is 10.2 Å². The van der Waals surface area contributed by atoms with Crippen LogP contribution in [0.1, 0.15) is 43.4 Å². The van der Waals surface area contributed by atoms with E-state index in [4.69, 9.17) is 11.6 Å². The average molecular weight is 372 g/mol. The fraction of sp³-hybridized carbons (Fsp3) is 0.318. The number of piperidine rings is 1. The highest BCUT2D eigenvalue weighted by Gasteiger charge is 2.40. The maximum absolute atomic E-state index is 13.3. The molecule has 0 aromatic heterocycles. The number of benzene rings is 2. The summed E-state index contributed by atoms with van der Waals surface area (Å²) in [6.45, 7) is 6.57. The quantitative estimate of drug-likeness (QED) is 0.619. The second-order valence-corrected chi connectivity index (χ2v) is 7.46. The van der Waals surface area contributed by atoms with E-state index in [9.17, 15) is 9.18 Å². The predicted molar refractivity (Wildman–Crippen MR) is 104 cm³/mol. The Labute approximate surface area is 159 Å². The summed E-state index contributed by atoms with van der Waals surface area (Å²) < 4.78 is 13.3. The first-order chi connectivity index (χ1) is 12.4. The van der Waals surface area contributed by atoms with E-state index in [0.29, 0.717) is 24.4 Å². The van der Waals surface area contributed by atoms with E-state index in [1.54, 1.807) is 12.1 Å². The smallest absolute Gasteiger partial charge is 0.223 e. The lowest BCUT2D eigenvalue weighted by atomic mass is 9.70. The molecule has 3 rings (SSSR count). The molecule has 0 N–H and O–H groups in total. The minimum atomic E-state index is -0.303. The molecule has 2 atom stereocenters. The van der Waals surface area contributed by atoms with Crippen molar-refractivity contribution in [3.63, 3.8) is 0 Å². The Morgan fingerprint density at radius 2 is 1.88 bits per heavy atom. The van der Waals surface area contributed by atoms with Crippen LogP contribution >= 0.6 is 11.6 Å². The lowest BCUT2D eigenvalue weighted by molar-refractivity contribution is -0.138. The Balaban J connectivity index is 1.83. The molecule has 1 aliphatic heterocycles. The Morgan fingerprint density at radius 1 is 1.23 bits per heavy atom. The zero-order chi connectivity index (χ0) is 18.7. The number of amides is 1. The summed E-state index contributed by atoms with van der Waals surface area (Å²) in [4.78, 5) is 14.9. The van der Waals surface area contributed by atoms with E-state index in [2.05, 4.69) is 6.58 Å². The van der Waals surface area contributed by atoms with Gasteiger partial charge >= 0.3 is 0 Å². The monoisotopic (exact) mass is 371 g/mol. The molecular formula is C22H23ClFNO. The molecule has 26 heavy (non-hydrogen) atoms. The van der Waals surface area contributed by atoms with Crippen molar-refractivity contribution in [2.45, 2.75) is 37.6 Å². The van der Waals surface area contributed by atoms with Gasteiger partial charge in [-0.15, -0.1) is 6.58 Å². The first-order valence-corrected chi connectivity index (χ1v) is 9.25. The molecule has 0 aliphatic carbocycles. The lowest BCUT2D eigenvalue weighted by Gasteiger charge is -2.43. The lowest BCUT2D eigenvalue weighted by Crippen LogP contribution is -2.47. The Hall–Kier alpha value is -2.13. The summed E-state index contributed by atoms with van der Waals surface area (Å²) in [7, 11) is 0. The van der Waals surface area contributed by atoms with Crippen molar-refractivity contribution in [1.82, 2.24) is 4.90 Å². The maximum Gasteiger partial charge on any atom is 0.223 e. The molecule has 0 spiro atoms. The van der Waals surface area contributed by atoms with E-state index < -0.39 is 0 Å². The van der Waals surface area contributed by atoms with E-state index in [-0.39, 0.29) is 23.2 Å². The van der Waals surface area contributed by atoms with E-state index >= 15 is 0 Å². The summed E-state index contributed by atoms with van der Waals surface area (Å²) in [5, 5.41) is 0.687. The second-order valence-electron chi connectivity index (χ2n) is 7.02. The number of hydrogen-bond donors (Lipinski definition) is 0. The van der Waals surface area contributed by atoms with Gasteiger partial charge in [-0.3, -0.25) is 4.79 Å². The van der Waals surface area contributed by atoms with Crippen LogP contribution in [0.3, 0.4) is 0 Å². The Kier molecular flexibility index (Phi) is 5.47. The van der Waals surface area contributed by atoms with Crippen molar-refractivity contribution in [1.29, 1.82) is 0 Å². The summed E-state index contributed by atoms with van der Waals surface area (Å²) in [6, 6.07) is 14.1. The van der Waals surface area contributed by atoms with Gasteiger partial charge in [-0.05, 0) is 55.2 Å². The number of rotatable bonds is 5. The minimum Gasteiger partial charge on any atom is -0.336 e. The molecule has 0 radical (unpaired) electrons. The largest absolute Gasteiger partial charge is 0.336 e. The first-order valence-electron chi connectivity index (χ1n) is 8.87. The highest BCUT2D eigenvalue weighted by atomic mass is 35.5. The van der Waals surface area contributed by atoms with Gasteiger partial charge in [0.05, 0.1) is 6.04 Å². The number of likely N-dealkylation sites (tertiary alicyclic amines) is 1. The van der Waals surface area contributed by atoms with Crippen LogP contribution in [0.4, 0.5) is 4.39 Å². The van der Waals surface area contributed by atoms with Gasteiger partial charge in [0.2, 0.25) is 5.91 Å². The number of carbonyl (C=O) groups is 1. The van der Waals surface area contributed by atoms with E-state index in [1.165, 1.54) is 12.1 Å². The number of allylic oxidation sites excluding steroid dienone is 1. The number of nitrogens with zero attached hydrogens (tertiary/aromatic N) is 1. The predicted octanol–water partition coefficient (Wildman–Crippen LogP) is 5.68. The normalized spacial score (nSPS) is 21.5. The van der Waals surface area contributed by atoms with Crippen LogP contribution in [0.25, 0.3) is 0 Å². The summed E-state index contributed by atoms with van der Waals surface area (Å²) in [5.41, 5.74) is 1.77. The van der Waals surface area contributed by atoms with Gasteiger partial charge in [-0.1, -0.05) is 41.9 Å². The average Bonchev–Trinajstić information content (AvgIpc) is 2.63. The Morgan fingerprint density at radius 3 is 2.46 bits per heavy atom. The molecule has 0 bridgehead atoms. The molecule has 1 saturated heterocycles. The van der Waals surface area contributed by atoms with Gasteiger partial charge < -0.3 is 4.90 Å². The van der Waals surface area contributed by atoms with Crippen molar-refractivity contribution in [2.75, 3.05) is 6.54 Å². The molecule has 4 heteroatoms. The summed E-state index contributed by atoms with van der Waals surface area (Å²) >= 11 is 5.97. The number of halogens is 2. The van der Waals surface area contributed by atoms with Crippen molar-refractivity contribution >= 4 is 17.5 Å². The highest BCUT2D eigenvalue weighted by molar-refractivity contribution is 6.30. The zero-order valence-corrected chi connectivity index (χ0v) is 15.7. The van der Waals surface area contributed by atoms with Gasteiger partial charge in [0.25, 0.3) is 0 Å². The molecule has 2 aromatic carbocycles. The van der Waals surface area contributed by atoms with E-state index in [0.717, 1.165) is 17.5 Å². The zero-order valence-electron chi connectivity index (χ0n) is 14.9. The van der Waals surface area contributed by atoms with Crippen molar-refractivity contribution in [3.05, 3.63) is 83.2 Å². The fourth-order valence-electron chi connectivity index (χ4n) is 3.89. The molecule has 1 aliphatic rings.